The van der Waals surface area contributed by atoms with E-state index >= 15 is 0 Å². The first-order valence-corrected chi connectivity index (χ1v) is 12.6. The van der Waals surface area contributed by atoms with Crippen LogP contribution in [0.3, 0.4) is 0 Å². The van der Waals surface area contributed by atoms with Crippen molar-refractivity contribution in [2.45, 2.75) is 51.8 Å². The van der Waals surface area contributed by atoms with Gasteiger partial charge in [-0.3, -0.25) is 4.98 Å². The number of rotatable bonds is 6. The second kappa shape index (κ2) is 9.64. The average molecular weight is 519 g/mol. The molecule has 12 heteroatoms. The third kappa shape index (κ3) is 5.13. The number of fused-ring (bicyclic) bond motifs is 1. The summed E-state index contributed by atoms with van der Waals surface area (Å²) < 4.78 is 49.9. The van der Waals surface area contributed by atoms with Crippen molar-refractivity contribution in [2.24, 2.45) is 5.92 Å². The Morgan fingerprint density at radius 3 is 2.47 bits per heavy atom. The minimum atomic E-state index is -4.47. The molecule has 0 N–H and O–H groups in total. The Kier molecular flexibility index (Phi) is 6.54. The largest absolute Gasteiger partial charge is 0.467 e. The number of hydrogen-bond acceptors (Lipinski definition) is 9. The monoisotopic (exact) mass is 518 g/mol. The van der Waals surface area contributed by atoms with Crippen LogP contribution >= 0.6 is 11.3 Å². The van der Waals surface area contributed by atoms with Crippen molar-refractivity contribution in [1.82, 2.24) is 25.1 Å². The first-order chi connectivity index (χ1) is 17.2. The van der Waals surface area contributed by atoms with Gasteiger partial charge in [0.2, 0.25) is 0 Å². The lowest BCUT2D eigenvalue weighted by Crippen LogP contribution is -2.38. The number of halogens is 3. The Bertz CT molecular complexity index is 1330. The van der Waals surface area contributed by atoms with Gasteiger partial charge in [-0.2, -0.15) is 18.2 Å². The van der Waals surface area contributed by atoms with Gasteiger partial charge >= 0.3 is 12.2 Å². The summed E-state index contributed by atoms with van der Waals surface area (Å²) in [5.41, 5.74) is 0.777. The Hall–Kier alpha value is -3.28. The van der Waals surface area contributed by atoms with Crippen molar-refractivity contribution in [2.75, 3.05) is 18.0 Å². The number of piperidine rings is 1. The second-order valence-corrected chi connectivity index (χ2v) is 10.1. The molecule has 4 aromatic heterocycles. The molecule has 1 saturated heterocycles. The molecule has 1 aliphatic heterocycles. The summed E-state index contributed by atoms with van der Waals surface area (Å²) in [7, 11) is 0. The molecule has 8 nitrogen and oxygen atoms in total. The third-order valence-electron chi connectivity index (χ3n) is 6.29. The molecule has 5 heterocycles. The number of aromatic nitrogens is 5. The molecular weight excluding hydrogens is 493 g/mol. The van der Waals surface area contributed by atoms with Crippen molar-refractivity contribution < 1.29 is 22.4 Å². The van der Waals surface area contributed by atoms with Crippen LogP contribution in [0.15, 0.2) is 35.0 Å². The molecule has 0 radical (unpaired) electrons. The maximum absolute atomic E-state index is 12.8. The molecule has 0 amide bonds. The van der Waals surface area contributed by atoms with E-state index in [9.17, 15) is 13.2 Å². The highest BCUT2D eigenvalue weighted by Gasteiger charge is 2.32. The molecule has 0 aromatic carbocycles. The Balaban J connectivity index is 1.22. The van der Waals surface area contributed by atoms with Crippen molar-refractivity contribution in [3.8, 4) is 16.5 Å². The number of anilines is 1. The van der Waals surface area contributed by atoms with E-state index in [1.807, 2.05) is 20.8 Å². The lowest BCUT2D eigenvalue weighted by molar-refractivity contribution is -0.141. The fraction of sp³-hybridized carbons (Fsp3) is 0.458. The van der Waals surface area contributed by atoms with E-state index in [0.29, 0.717) is 44.6 Å². The van der Waals surface area contributed by atoms with Crippen LogP contribution in [0.4, 0.5) is 19.2 Å². The van der Waals surface area contributed by atoms with Crippen LogP contribution < -0.4 is 9.64 Å². The fourth-order valence-corrected chi connectivity index (χ4v) is 5.00. The van der Waals surface area contributed by atoms with Gasteiger partial charge in [0.05, 0.1) is 5.69 Å². The first-order valence-electron chi connectivity index (χ1n) is 11.7. The minimum absolute atomic E-state index is 0.0415. The van der Waals surface area contributed by atoms with Gasteiger partial charge in [0.15, 0.2) is 5.82 Å². The van der Waals surface area contributed by atoms with Gasteiger partial charge in [0, 0.05) is 30.8 Å². The number of hydrogen-bond donors (Lipinski definition) is 0. The predicted octanol–water partition coefficient (Wildman–Crippen LogP) is 5.96. The van der Waals surface area contributed by atoms with Gasteiger partial charge in [-0.05, 0) is 49.9 Å². The molecule has 0 saturated carbocycles. The number of pyridine rings is 2. The van der Waals surface area contributed by atoms with Crippen LogP contribution in [0, 0.1) is 5.92 Å². The molecule has 4 aromatic rings. The van der Waals surface area contributed by atoms with Gasteiger partial charge < -0.3 is 14.2 Å². The molecule has 1 atom stereocenters. The summed E-state index contributed by atoms with van der Waals surface area (Å²) in [6.45, 7) is 7.73. The quantitative estimate of drug-likeness (QED) is 0.309. The molecule has 0 aliphatic carbocycles. The van der Waals surface area contributed by atoms with Crippen LogP contribution in [-0.2, 0) is 6.18 Å². The van der Waals surface area contributed by atoms with Crippen molar-refractivity contribution in [3.05, 3.63) is 42.0 Å². The summed E-state index contributed by atoms with van der Waals surface area (Å²) >= 11 is 1.32. The highest BCUT2D eigenvalue weighted by molar-refractivity contribution is 7.19. The van der Waals surface area contributed by atoms with E-state index in [1.54, 1.807) is 12.1 Å². The van der Waals surface area contributed by atoms with Crippen LogP contribution in [-0.4, -0.2) is 44.3 Å². The second-order valence-electron chi connectivity index (χ2n) is 9.17. The summed E-state index contributed by atoms with van der Waals surface area (Å²) in [6.07, 6.45) is -1.48. The topological polar surface area (TPSA) is 90.1 Å². The Labute approximate surface area is 209 Å². The van der Waals surface area contributed by atoms with E-state index in [-0.39, 0.29) is 12.0 Å². The number of alkyl halides is 3. The lowest BCUT2D eigenvalue weighted by atomic mass is 9.92. The van der Waals surface area contributed by atoms with Crippen molar-refractivity contribution in [1.29, 1.82) is 0 Å². The standard InChI is InChI=1S/C24H25F3N6O2S/c1-13(2)20-31-22(35-32-20)33-10-8-15(9-11-33)14(3)34-23-30-18-6-5-17(29-21(18)36-23)16-4-7-19(28-12-16)24(25,26)27/h4-7,12-15H,8-11H2,1-3H3. The molecule has 0 bridgehead atoms. The number of thiazole rings is 1. The molecule has 5 rings (SSSR count). The van der Waals surface area contributed by atoms with E-state index in [0.717, 1.165) is 32.0 Å². The maximum Gasteiger partial charge on any atom is 0.433 e. The van der Waals surface area contributed by atoms with Gasteiger partial charge in [-0.15, -0.1) is 0 Å². The summed E-state index contributed by atoms with van der Waals surface area (Å²) in [5.74, 6) is 1.29. The average Bonchev–Trinajstić information content (AvgIpc) is 3.50. The van der Waals surface area contributed by atoms with Crippen LogP contribution in [0.5, 0.6) is 5.19 Å². The van der Waals surface area contributed by atoms with Crippen molar-refractivity contribution in [3.63, 3.8) is 0 Å². The van der Waals surface area contributed by atoms with Gasteiger partial charge in [-0.25, -0.2) is 9.97 Å². The Morgan fingerprint density at radius 1 is 1.06 bits per heavy atom. The molecule has 190 valence electrons. The normalized spacial score (nSPS) is 16.1. The van der Waals surface area contributed by atoms with E-state index in [4.69, 9.17) is 9.26 Å². The van der Waals surface area contributed by atoms with Gasteiger partial charge in [0.25, 0.3) is 5.19 Å². The van der Waals surface area contributed by atoms with Crippen LogP contribution in [0.1, 0.15) is 51.0 Å². The van der Waals surface area contributed by atoms with E-state index < -0.39 is 11.9 Å². The van der Waals surface area contributed by atoms with Crippen molar-refractivity contribution >= 4 is 27.7 Å². The zero-order valence-electron chi connectivity index (χ0n) is 20.0. The number of ether oxygens (including phenoxy) is 1. The highest BCUT2D eigenvalue weighted by Crippen LogP contribution is 2.33. The third-order valence-corrected chi connectivity index (χ3v) is 7.15. The highest BCUT2D eigenvalue weighted by atomic mass is 32.1. The molecule has 0 spiro atoms. The van der Waals surface area contributed by atoms with Crippen LogP contribution in [0.25, 0.3) is 21.6 Å². The van der Waals surface area contributed by atoms with E-state index in [2.05, 4.69) is 30.0 Å². The summed E-state index contributed by atoms with van der Waals surface area (Å²) in [6, 6.07) is 6.41. The summed E-state index contributed by atoms with van der Waals surface area (Å²) in [4.78, 5) is 19.9. The smallest absolute Gasteiger partial charge is 0.433 e. The minimum Gasteiger partial charge on any atom is -0.467 e. The molecule has 1 unspecified atom stereocenters. The SMILES string of the molecule is CC(C)c1noc(N2CCC(C(C)Oc3nc4ccc(-c5ccc(C(F)(F)F)nc5)nc4s3)CC2)n1. The van der Waals surface area contributed by atoms with E-state index in [1.165, 1.54) is 23.6 Å². The molecule has 1 aliphatic rings. The fourth-order valence-electron chi connectivity index (χ4n) is 4.13. The molecule has 1 fully saturated rings. The zero-order valence-corrected chi connectivity index (χ0v) is 20.8. The maximum atomic E-state index is 12.8. The number of nitrogens with zero attached hydrogens (tertiary/aromatic N) is 6. The Morgan fingerprint density at radius 2 is 1.83 bits per heavy atom. The summed E-state index contributed by atoms with van der Waals surface area (Å²) in [5, 5.41) is 4.57. The van der Waals surface area contributed by atoms with Gasteiger partial charge in [0.1, 0.15) is 22.1 Å². The zero-order chi connectivity index (χ0) is 25.4. The lowest BCUT2D eigenvalue weighted by Gasteiger charge is -2.33. The first kappa shape index (κ1) is 24.4. The van der Waals surface area contributed by atoms with Crippen LogP contribution in [0.2, 0.25) is 0 Å². The molecule has 36 heavy (non-hydrogen) atoms. The molecular formula is C24H25F3N6O2S. The van der Waals surface area contributed by atoms with Gasteiger partial charge in [-0.1, -0.05) is 30.3 Å². The predicted molar refractivity (Wildman–Crippen MR) is 129 cm³/mol.